The Balaban J connectivity index is 0. The maximum absolute atomic E-state index is 12.6. The van der Waals surface area contributed by atoms with Crippen LogP contribution in [0.3, 0.4) is 0 Å². The number of carbonyl (C=O) groups excluding carboxylic acids is 8. The molecule has 6 rings (SSSR count). The molecule has 376 valence electrons. The summed E-state index contributed by atoms with van der Waals surface area (Å²) in [5, 5.41) is 91.9. The molecule has 30 heteroatoms. The van der Waals surface area contributed by atoms with Crippen molar-refractivity contribution in [1.29, 1.82) is 0 Å². The molecular weight excluding hydrogens is 1030 g/mol. The largest absolute Gasteiger partial charge is 2.00 e. The Hall–Kier alpha value is -8.77. The third-order valence-corrected chi connectivity index (χ3v) is 8.03. The van der Waals surface area contributed by atoms with Crippen molar-refractivity contribution in [3.05, 3.63) is 133 Å². The molecule has 0 N–H and O–H groups in total. The summed E-state index contributed by atoms with van der Waals surface area (Å²) < 4.78 is 0. The number of nitro benzene ring substituents is 4. The van der Waals surface area contributed by atoms with Crippen molar-refractivity contribution in [3.8, 4) is 23.0 Å². The molecule has 28 nitrogen and oxygen atoms in total. The first-order valence-electron chi connectivity index (χ1n) is 18.2. The Morgan fingerprint density at radius 3 is 0.571 bits per heavy atom. The first kappa shape index (κ1) is 63.3. The number of nitro groups is 4. The molecule has 2 aliphatic rings. The van der Waals surface area contributed by atoms with Crippen LogP contribution in [0.15, 0.2) is 48.5 Å². The van der Waals surface area contributed by atoms with Gasteiger partial charge in [-0.3, -0.25) is 78.8 Å². The van der Waals surface area contributed by atoms with Gasteiger partial charge >= 0.3 is 33.0 Å². The van der Waals surface area contributed by atoms with Crippen molar-refractivity contribution in [1.82, 2.24) is 19.6 Å². The third kappa shape index (κ3) is 15.1. The Kier molecular flexibility index (Phi) is 25.1. The van der Waals surface area contributed by atoms with Crippen LogP contribution in [-0.4, -0.2) is 144 Å². The molecule has 0 aromatic heterocycles. The van der Waals surface area contributed by atoms with Crippen LogP contribution in [0.25, 0.3) is 0 Å². The van der Waals surface area contributed by atoms with Gasteiger partial charge in [0.15, 0.2) is 11.6 Å². The Labute approximate surface area is 414 Å². The van der Waals surface area contributed by atoms with Crippen LogP contribution in [-0.2, 0) is 52.2 Å². The van der Waals surface area contributed by atoms with E-state index in [2.05, 4.69) is 0 Å². The van der Waals surface area contributed by atoms with Gasteiger partial charge in [0.05, 0.1) is 19.7 Å². The molecule has 0 aliphatic heterocycles. The van der Waals surface area contributed by atoms with Crippen molar-refractivity contribution in [2.24, 2.45) is 0 Å². The van der Waals surface area contributed by atoms with Gasteiger partial charge in [0.2, 0.25) is 37.2 Å². The van der Waals surface area contributed by atoms with E-state index in [1.54, 1.807) is 56.4 Å². The van der Waals surface area contributed by atoms with E-state index in [0.29, 0.717) is 0 Å². The standard InChI is InChI=1S/2C14H6N2O8.4C3H7NO.2Ni/c2*17-7-3-1-5(15(21)22)9-11(7)14(20)12-8(18)4-2-6(16(23)24)10(12)13(9)19;4*1-4(2)3-5;;/h2*1-4,17-18H;4*3H,1-2H3;;/q;;;;;;2*+2/p-4. The Morgan fingerprint density at radius 1 is 0.329 bits per heavy atom. The van der Waals surface area contributed by atoms with Gasteiger partial charge in [-0.15, -0.1) is 0 Å². The number of rotatable bonds is 8. The van der Waals surface area contributed by atoms with Crippen molar-refractivity contribution in [2.45, 2.75) is 0 Å². The first-order chi connectivity index (χ1) is 31.6. The minimum atomic E-state index is -1.27. The van der Waals surface area contributed by atoms with Gasteiger partial charge in [-0.1, -0.05) is 47.3 Å². The second kappa shape index (κ2) is 27.8. The normalized spacial score (nSPS) is 10.5. The number of ketones is 4. The van der Waals surface area contributed by atoms with E-state index in [0.717, 1.165) is 74.2 Å². The molecule has 0 spiro atoms. The molecule has 70 heavy (non-hydrogen) atoms. The van der Waals surface area contributed by atoms with E-state index in [9.17, 15) is 99.2 Å². The second-order valence-electron chi connectivity index (χ2n) is 14.0. The Morgan fingerprint density at radius 2 is 0.457 bits per heavy atom. The summed E-state index contributed by atoms with van der Waals surface area (Å²) in [5.41, 5.74) is -9.95. The zero-order valence-corrected chi connectivity index (χ0v) is 39.3. The topological polar surface area (TPSA) is 414 Å². The van der Waals surface area contributed by atoms with Crippen molar-refractivity contribution < 1.29 is 111 Å². The summed E-state index contributed by atoms with van der Waals surface area (Å²) in [6.45, 7) is 0. The van der Waals surface area contributed by atoms with Gasteiger partial charge in [0, 0.05) is 103 Å². The molecule has 0 atom stereocenters. The van der Waals surface area contributed by atoms with E-state index in [1.165, 1.54) is 19.6 Å². The summed E-state index contributed by atoms with van der Waals surface area (Å²) in [6.07, 6.45) is 3.00. The zero-order chi connectivity index (χ0) is 52.7. The minimum absolute atomic E-state index is 0. The molecule has 0 saturated carbocycles. The number of hydrogen-bond donors (Lipinski definition) is 0. The van der Waals surface area contributed by atoms with E-state index in [-0.39, 0.29) is 33.0 Å². The first-order valence-corrected chi connectivity index (χ1v) is 18.2. The SMILES string of the molecule is CN(C)C=O.CN(C)C=O.CN(C)C=O.CN(C)C=O.O=C1c2c([O-])ccc([N+](=O)[O-])c2C(=O)c2c([N+](=O)[O-])ccc([O-])c21.O=C1c2c([O-])ccc([N+](=O)[O-])c2C(=O)c2c([N+](=O)[O-])ccc([O-])c21.[Ni+2].[Ni+2]. The number of benzene rings is 4. The summed E-state index contributed by atoms with van der Waals surface area (Å²) in [4.78, 5) is 134. The van der Waals surface area contributed by atoms with Crippen LogP contribution in [0.5, 0.6) is 23.0 Å². The average molecular weight is 1070 g/mol. The summed E-state index contributed by atoms with van der Waals surface area (Å²) in [6, 6.07) is 5.89. The predicted octanol–water partition coefficient (Wildman–Crippen LogP) is -0.336. The van der Waals surface area contributed by atoms with E-state index < -0.39 is 133 Å². The van der Waals surface area contributed by atoms with Crippen LogP contribution in [0.1, 0.15) is 63.7 Å². The van der Waals surface area contributed by atoms with Gasteiger partial charge < -0.3 is 40.0 Å². The van der Waals surface area contributed by atoms with Gasteiger partial charge in [-0.2, -0.15) is 0 Å². The molecule has 0 fully saturated rings. The average Bonchev–Trinajstić information content (AvgIpc) is 3.27. The number of fused-ring (bicyclic) bond motifs is 4. The smallest absolute Gasteiger partial charge is 0.872 e. The van der Waals surface area contributed by atoms with Gasteiger partial charge in [-0.05, 0) is 0 Å². The molecule has 0 unspecified atom stereocenters. The fourth-order valence-electron chi connectivity index (χ4n) is 5.22. The molecule has 2 aliphatic carbocycles. The Bertz CT molecular complexity index is 2370. The maximum Gasteiger partial charge on any atom is 2.00 e. The number of amides is 4. The third-order valence-electron chi connectivity index (χ3n) is 8.03. The van der Waals surface area contributed by atoms with Crippen LogP contribution >= 0.6 is 0 Å². The fourth-order valence-corrected chi connectivity index (χ4v) is 5.22. The summed E-state index contributed by atoms with van der Waals surface area (Å²) >= 11 is 0. The van der Waals surface area contributed by atoms with Gasteiger partial charge in [0.1, 0.15) is 22.3 Å². The number of hydrogen-bond acceptors (Lipinski definition) is 20. The van der Waals surface area contributed by atoms with Crippen molar-refractivity contribution >= 4 is 71.5 Å². The van der Waals surface area contributed by atoms with Crippen LogP contribution < -0.4 is 20.4 Å². The van der Waals surface area contributed by atoms with Crippen LogP contribution in [0.4, 0.5) is 22.7 Å². The zero-order valence-electron chi connectivity index (χ0n) is 37.3. The molecule has 4 aromatic rings. The van der Waals surface area contributed by atoms with Crippen molar-refractivity contribution in [2.75, 3.05) is 56.4 Å². The summed E-state index contributed by atoms with van der Waals surface area (Å²) in [5.74, 6) is -8.93. The van der Waals surface area contributed by atoms with Crippen LogP contribution in [0.2, 0.25) is 0 Å². The van der Waals surface area contributed by atoms with Crippen molar-refractivity contribution in [3.63, 3.8) is 0 Å². The van der Waals surface area contributed by atoms with E-state index in [1.807, 2.05) is 0 Å². The molecule has 0 bridgehead atoms. The molecule has 0 saturated heterocycles. The monoisotopic (exact) mass is 1060 g/mol. The second-order valence-corrected chi connectivity index (χ2v) is 14.0. The fraction of sp³-hybridized carbons (Fsp3) is 0.200. The molecule has 4 aromatic carbocycles. The molecule has 0 heterocycles. The molecular formula is C40H36N8Ni2O20. The summed E-state index contributed by atoms with van der Waals surface area (Å²) in [7, 11) is 13.5. The maximum atomic E-state index is 12.6. The number of carbonyl (C=O) groups is 8. The minimum Gasteiger partial charge on any atom is -0.872 e. The van der Waals surface area contributed by atoms with E-state index >= 15 is 0 Å². The molecule has 4 amide bonds. The van der Waals surface area contributed by atoms with Gasteiger partial charge in [-0.25, -0.2) is 0 Å². The number of nitrogens with zero attached hydrogens (tertiary/aromatic N) is 8. The van der Waals surface area contributed by atoms with Crippen LogP contribution in [0, 0.1) is 40.5 Å². The van der Waals surface area contributed by atoms with Gasteiger partial charge in [0.25, 0.3) is 22.7 Å². The van der Waals surface area contributed by atoms with E-state index in [4.69, 9.17) is 0 Å². The molecule has 0 radical (unpaired) electrons. The quantitative estimate of drug-likeness (QED) is 0.0814. The predicted molar refractivity (Wildman–Crippen MR) is 223 cm³/mol.